The number of amides is 3. The fraction of sp³-hybridized carbons (Fsp3) is 0.444. The van der Waals surface area contributed by atoms with Crippen molar-refractivity contribution in [2.24, 2.45) is 5.92 Å². The lowest BCUT2D eigenvalue weighted by molar-refractivity contribution is -0.136. The number of halogens is 1. The first kappa shape index (κ1) is 23.9. The van der Waals surface area contributed by atoms with Gasteiger partial charge in [0.1, 0.15) is 11.9 Å². The standard InChI is InChI=1S/C27H32FN3O3/c1-19-9-11-21(12-10-19)26(33)31-17-13-20(14-18-31)24(27(34)30-15-5-2-6-16-30)29-25(32)22-7-3-4-8-23(22)28/h3-4,7-12,20,24H,2,5-6,13-18H2,1H3,(H,29,32). The lowest BCUT2D eigenvalue weighted by atomic mass is 9.87. The second-order valence-electron chi connectivity index (χ2n) is 9.31. The minimum absolute atomic E-state index is 0.0206. The van der Waals surface area contributed by atoms with Crippen molar-refractivity contribution in [1.29, 1.82) is 0 Å². The van der Waals surface area contributed by atoms with Crippen LogP contribution >= 0.6 is 0 Å². The Morgan fingerprint density at radius 3 is 2.18 bits per heavy atom. The number of carbonyl (C=O) groups is 3. The molecule has 6 nitrogen and oxygen atoms in total. The molecule has 1 N–H and O–H groups in total. The Hall–Kier alpha value is -3.22. The predicted octanol–water partition coefficient (Wildman–Crippen LogP) is 3.80. The molecule has 0 aliphatic carbocycles. The predicted molar refractivity (Wildman–Crippen MR) is 128 cm³/mol. The largest absolute Gasteiger partial charge is 0.341 e. The molecule has 2 aromatic rings. The number of rotatable bonds is 5. The normalized spacial score (nSPS) is 17.8. The molecule has 2 heterocycles. The van der Waals surface area contributed by atoms with Gasteiger partial charge in [-0.3, -0.25) is 14.4 Å². The van der Waals surface area contributed by atoms with Crippen LogP contribution in [0, 0.1) is 18.7 Å². The average molecular weight is 466 g/mol. The molecule has 0 bridgehead atoms. The van der Waals surface area contributed by atoms with Crippen LogP contribution in [0.25, 0.3) is 0 Å². The van der Waals surface area contributed by atoms with E-state index < -0.39 is 17.8 Å². The lowest BCUT2D eigenvalue weighted by Crippen LogP contribution is -2.55. The van der Waals surface area contributed by atoms with E-state index in [0.717, 1.165) is 24.8 Å². The zero-order valence-corrected chi connectivity index (χ0v) is 19.6. The smallest absolute Gasteiger partial charge is 0.254 e. The summed E-state index contributed by atoms with van der Waals surface area (Å²) < 4.78 is 14.2. The molecule has 2 aromatic carbocycles. The summed E-state index contributed by atoms with van der Waals surface area (Å²) in [7, 11) is 0. The van der Waals surface area contributed by atoms with Gasteiger partial charge in [0.15, 0.2) is 0 Å². The monoisotopic (exact) mass is 465 g/mol. The Kier molecular flexibility index (Phi) is 7.60. The van der Waals surface area contributed by atoms with Crippen LogP contribution in [0.5, 0.6) is 0 Å². The van der Waals surface area contributed by atoms with Gasteiger partial charge < -0.3 is 15.1 Å². The topological polar surface area (TPSA) is 69.7 Å². The fourth-order valence-corrected chi connectivity index (χ4v) is 4.87. The van der Waals surface area contributed by atoms with Crippen LogP contribution in [0.2, 0.25) is 0 Å². The molecule has 2 saturated heterocycles. The third kappa shape index (κ3) is 5.46. The summed E-state index contributed by atoms with van der Waals surface area (Å²) in [5, 5.41) is 2.85. The SMILES string of the molecule is Cc1ccc(C(=O)N2CCC(C(NC(=O)c3ccccc3F)C(=O)N3CCCCC3)CC2)cc1. The summed E-state index contributed by atoms with van der Waals surface area (Å²) in [6, 6.07) is 12.6. The highest BCUT2D eigenvalue weighted by Gasteiger charge is 2.37. The third-order valence-electron chi connectivity index (χ3n) is 6.94. The van der Waals surface area contributed by atoms with Crippen LogP contribution in [0.15, 0.2) is 48.5 Å². The van der Waals surface area contributed by atoms with Crippen molar-refractivity contribution in [3.63, 3.8) is 0 Å². The number of hydrogen-bond acceptors (Lipinski definition) is 3. The fourth-order valence-electron chi connectivity index (χ4n) is 4.87. The Labute approximate surface area is 200 Å². The van der Waals surface area contributed by atoms with Crippen LogP contribution in [0.3, 0.4) is 0 Å². The van der Waals surface area contributed by atoms with Gasteiger partial charge in [0.05, 0.1) is 5.56 Å². The van der Waals surface area contributed by atoms with Gasteiger partial charge in [-0.15, -0.1) is 0 Å². The van der Waals surface area contributed by atoms with Crippen LogP contribution in [0.1, 0.15) is 58.4 Å². The van der Waals surface area contributed by atoms with Crippen molar-refractivity contribution in [3.05, 3.63) is 71.0 Å². The average Bonchev–Trinajstić information content (AvgIpc) is 2.88. The number of nitrogens with zero attached hydrogens (tertiary/aromatic N) is 2. The number of hydrogen-bond donors (Lipinski definition) is 1. The maximum absolute atomic E-state index is 14.2. The summed E-state index contributed by atoms with van der Waals surface area (Å²) in [5.74, 6) is -1.43. The van der Waals surface area contributed by atoms with E-state index in [1.165, 1.54) is 18.2 Å². The minimum atomic E-state index is -0.734. The summed E-state index contributed by atoms with van der Waals surface area (Å²) >= 11 is 0. The quantitative estimate of drug-likeness (QED) is 0.730. The second kappa shape index (κ2) is 10.8. The molecule has 2 aliphatic heterocycles. The van der Waals surface area contributed by atoms with E-state index in [4.69, 9.17) is 0 Å². The Bertz CT molecular complexity index is 1030. The first-order valence-corrected chi connectivity index (χ1v) is 12.1. The van der Waals surface area contributed by atoms with E-state index >= 15 is 0 Å². The number of nitrogens with one attached hydrogen (secondary N) is 1. The molecular formula is C27H32FN3O3. The van der Waals surface area contributed by atoms with Gasteiger partial charge in [0.25, 0.3) is 11.8 Å². The molecule has 180 valence electrons. The van der Waals surface area contributed by atoms with Gasteiger partial charge in [0.2, 0.25) is 5.91 Å². The highest BCUT2D eigenvalue weighted by molar-refractivity contribution is 5.98. The van der Waals surface area contributed by atoms with E-state index in [2.05, 4.69) is 5.32 Å². The van der Waals surface area contributed by atoms with Gasteiger partial charge in [-0.25, -0.2) is 4.39 Å². The van der Waals surface area contributed by atoms with Crippen molar-refractivity contribution >= 4 is 17.7 Å². The van der Waals surface area contributed by atoms with E-state index in [-0.39, 0.29) is 23.3 Å². The van der Waals surface area contributed by atoms with Gasteiger partial charge in [0, 0.05) is 31.7 Å². The van der Waals surface area contributed by atoms with Gasteiger partial charge in [-0.05, 0) is 69.2 Å². The third-order valence-corrected chi connectivity index (χ3v) is 6.94. The van der Waals surface area contributed by atoms with Crippen molar-refractivity contribution in [2.45, 2.75) is 45.1 Å². The van der Waals surface area contributed by atoms with E-state index in [1.807, 2.05) is 41.0 Å². The maximum Gasteiger partial charge on any atom is 0.254 e. The minimum Gasteiger partial charge on any atom is -0.341 e. The number of benzene rings is 2. The molecule has 7 heteroatoms. The molecule has 0 spiro atoms. The first-order valence-electron chi connectivity index (χ1n) is 12.1. The summed E-state index contributed by atoms with van der Waals surface area (Å²) in [6.45, 7) is 4.35. The molecule has 4 rings (SSSR count). The van der Waals surface area contributed by atoms with E-state index in [1.54, 1.807) is 6.07 Å². The number of likely N-dealkylation sites (tertiary alicyclic amines) is 2. The van der Waals surface area contributed by atoms with E-state index in [0.29, 0.717) is 44.6 Å². The molecule has 1 unspecified atom stereocenters. The molecule has 3 amide bonds. The molecular weight excluding hydrogens is 433 g/mol. The van der Waals surface area contributed by atoms with E-state index in [9.17, 15) is 18.8 Å². The first-order chi connectivity index (χ1) is 16.4. The molecule has 2 fully saturated rings. The number of carbonyl (C=O) groups excluding carboxylic acids is 3. The molecule has 0 saturated carbocycles. The van der Waals surface area contributed by atoms with Crippen LogP contribution < -0.4 is 5.32 Å². The molecule has 0 radical (unpaired) electrons. The molecule has 0 aromatic heterocycles. The Balaban J connectivity index is 1.47. The Morgan fingerprint density at radius 2 is 1.53 bits per heavy atom. The van der Waals surface area contributed by atoms with Crippen molar-refractivity contribution < 1.29 is 18.8 Å². The Morgan fingerprint density at radius 1 is 0.882 bits per heavy atom. The maximum atomic E-state index is 14.2. The van der Waals surface area contributed by atoms with Crippen LogP contribution in [-0.2, 0) is 4.79 Å². The van der Waals surface area contributed by atoms with Crippen LogP contribution in [-0.4, -0.2) is 59.7 Å². The van der Waals surface area contributed by atoms with Crippen molar-refractivity contribution in [2.75, 3.05) is 26.2 Å². The zero-order valence-electron chi connectivity index (χ0n) is 19.6. The molecule has 34 heavy (non-hydrogen) atoms. The zero-order chi connectivity index (χ0) is 24.1. The number of piperidine rings is 2. The highest BCUT2D eigenvalue weighted by Crippen LogP contribution is 2.25. The molecule has 1 atom stereocenters. The van der Waals surface area contributed by atoms with Crippen molar-refractivity contribution in [1.82, 2.24) is 15.1 Å². The second-order valence-corrected chi connectivity index (χ2v) is 9.31. The number of aryl methyl sites for hydroxylation is 1. The van der Waals surface area contributed by atoms with Crippen molar-refractivity contribution in [3.8, 4) is 0 Å². The summed E-state index contributed by atoms with van der Waals surface area (Å²) in [6.07, 6.45) is 4.18. The van der Waals surface area contributed by atoms with Gasteiger partial charge >= 0.3 is 0 Å². The highest BCUT2D eigenvalue weighted by atomic mass is 19.1. The summed E-state index contributed by atoms with van der Waals surface area (Å²) in [5.41, 5.74) is 1.68. The molecule has 2 aliphatic rings. The van der Waals surface area contributed by atoms with Gasteiger partial charge in [-0.2, -0.15) is 0 Å². The van der Waals surface area contributed by atoms with Crippen LogP contribution in [0.4, 0.5) is 4.39 Å². The van der Waals surface area contributed by atoms with Gasteiger partial charge in [-0.1, -0.05) is 29.8 Å². The summed E-state index contributed by atoms with van der Waals surface area (Å²) in [4.78, 5) is 42.9. The lowest BCUT2D eigenvalue weighted by Gasteiger charge is -2.38.